The monoisotopic (exact) mass is 243 g/mol. The molecule has 7 heteroatoms. The zero-order valence-corrected chi connectivity index (χ0v) is 8.26. The van der Waals surface area contributed by atoms with Crippen molar-refractivity contribution in [1.82, 2.24) is 0 Å². The fourth-order valence-corrected chi connectivity index (χ4v) is 1.23. The molecule has 17 heavy (non-hydrogen) atoms. The van der Waals surface area contributed by atoms with Gasteiger partial charge in [0.2, 0.25) is 0 Å². The molecule has 1 aromatic carbocycles. The van der Waals surface area contributed by atoms with Gasteiger partial charge in [0, 0.05) is 5.56 Å². The third kappa shape index (κ3) is 2.38. The fraction of sp³-hybridized carbons (Fsp3) is 0.200. The van der Waals surface area contributed by atoms with Gasteiger partial charge in [0.05, 0.1) is 6.07 Å². The lowest BCUT2D eigenvalue weighted by atomic mass is 10.0. The molecule has 0 fully saturated rings. The van der Waals surface area contributed by atoms with Gasteiger partial charge in [0.15, 0.2) is 6.10 Å². The molecule has 5 nitrogen and oxygen atoms in total. The summed E-state index contributed by atoms with van der Waals surface area (Å²) in [5, 5.41) is 35.2. The number of aliphatic hydroxyl groups excluding tert-OH is 2. The van der Waals surface area contributed by atoms with Crippen molar-refractivity contribution >= 4 is 5.97 Å². The van der Waals surface area contributed by atoms with Crippen LogP contribution < -0.4 is 0 Å². The van der Waals surface area contributed by atoms with Crippen LogP contribution >= 0.6 is 0 Å². The fourth-order valence-electron chi connectivity index (χ4n) is 1.23. The summed E-state index contributed by atoms with van der Waals surface area (Å²) in [7, 11) is 0. The maximum atomic E-state index is 13.5. The molecule has 3 N–H and O–H groups in total. The Morgan fingerprint density at radius 1 is 1.35 bits per heavy atom. The normalized spacial score (nSPS) is 13.8. The summed E-state index contributed by atoms with van der Waals surface area (Å²) in [5.41, 5.74) is -1.90. The number of aromatic carboxylic acids is 1. The highest BCUT2D eigenvalue weighted by Crippen LogP contribution is 2.24. The number of aliphatic hydroxyl groups is 2. The Balaban J connectivity index is 3.34. The number of halogens is 2. The Labute approximate surface area is 94.2 Å². The molecule has 0 bridgehead atoms. The lowest BCUT2D eigenvalue weighted by Gasteiger charge is -2.14. The first-order chi connectivity index (χ1) is 7.90. The summed E-state index contributed by atoms with van der Waals surface area (Å²) >= 11 is 0. The number of carbonyl (C=O) groups is 1. The lowest BCUT2D eigenvalue weighted by molar-refractivity contribution is 0.0496. The summed E-state index contributed by atoms with van der Waals surface area (Å²) in [6.07, 6.45) is -3.88. The third-order valence-electron chi connectivity index (χ3n) is 2.08. The summed E-state index contributed by atoms with van der Waals surface area (Å²) in [6, 6.07) is 2.65. The predicted octanol–water partition coefficient (Wildman–Crippen LogP) is 0.581. The van der Waals surface area contributed by atoms with Crippen LogP contribution in [0.5, 0.6) is 0 Å². The molecule has 2 unspecified atom stereocenters. The van der Waals surface area contributed by atoms with Crippen LogP contribution in [0.1, 0.15) is 22.0 Å². The van der Waals surface area contributed by atoms with Gasteiger partial charge in [-0.15, -0.1) is 0 Å². The summed E-state index contributed by atoms with van der Waals surface area (Å²) < 4.78 is 26.5. The second-order valence-electron chi connectivity index (χ2n) is 3.15. The Morgan fingerprint density at radius 3 is 2.41 bits per heavy atom. The number of rotatable bonds is 3. The van der Waals surface area contributed by atoms with E-state index in [1.807, 2.05) is 0 Å². The molecule has 0 amide bonds. The van der Waals surface area contributed by atoms with Crippen LogP contribution in [-0.4, -0.2) is 27.4 Å². The number of hydrogen-bond donors (Lipinski definition) is 3. The van der Waals surface area contributed by atoms with Crippen LogP contribution in [0.15, 0.2) is 12.1 Å². The Morgan fingerprint density at radius 2 is 1.94 bits per heavy atom. The largest absolute Gasteiger partial charge is 0.477 e. The van der Waals surface area contributed by atoms with Crippen LogP contribution in [0.4, 0.5) is 8.78 Å². The van der Waals surface area contributed by atoms with Gasteiger partial charge in [-0.3, -0.25) is 0 Å². The van der Waals surface area contributed by atoms with E-state index < -0.39 is 40.9 Å². The van der Waals surface area contributed by atoms with Gasteiger partial charge in [0.1, 0.15) is 23.3 Å². The van der Waals surface area contributed by atoms with Crippen molar-refractivity contribution in [3.8, 4) is 6.07 Å². The standard InChI is InChI=1S/C10H7F2NO4/c11-5-2-1-4(9(15)6(14)3-13)8(12)7(5)10(16)17/h1-2,6,9,14-15H,(H,16,17). The first-order valence-electron chi connectivity index (χ1n) is 4.37. The second-order valence-corrected chi connectivity index (χ2v) is 3.15. The van der Waals surface area contributed by atoms with Crippen molar-refractivity contribution in [2.24, 2.45) is 0 Å². The van der Waals surface area contributed by atoms with Crippen molar-refractivity contribution in [3.63, 3.8) is 0 Å². The van der Waals surface area contributed by atoms with Gasteiger partial charge < -0.3 is 15.3 Å². The zero-order valence-electron chi connectivity index (χ0n) is 8.26. The molecule has 0 radical (unpaired) electrons. The molecule has 0 aliphatic carbocycles. The van der Waals surface area contributed by atoms with Crippen LogP contribution in [0.2, 0.25) is 0 Å². The van der Waals surface area contributed by atoms with Crippen LogP contribution in [0.3, 0.4) is 0 Å². The molecule has 0 aromatic heterocycles. The van der Waals surface area contributed by atoms with E-state index in [1.54, 1.807) is 0 Å². The van der Waals surface area contributed by atoms with E-state index in [2.05, 4.69) is 0 Å². The van der Waals surface area contributed by atoms with E-state index in [-0.39, 0.29) is 0 Å². The number of nitrogens with zero attached hydrogens (tertiary/aromatic N) is 1. The van der Waals surface area contributed by atoms with Crippen molar-refractivity contribution in [2.75, 3.05) is 0 Å². The van der Waals surface area contributed by atoms with Gasteiger partial charge in [-0.05, 0) is 6.07 Å². The molecular formula is C10H7F2NO4. The molecule has 0 spiro atoms. The second kappa shape index (κ2) is 4.86. The van der Waals surface area contributed by atoms with E-state index in [0.29, 0.717) is 6.07 Å². The molecule has 1 rings (SSSR count). The van der Waals surface area contributed by atoms with Crippen molar-refractivity contribution in [1.29, 1.82) is 5.26 Å². The Kier molecular flexibility index (Phi) is 3.73. The average Bonchev–Trinajstić information content (AvgIpc) is 2.27. The van der Waals surface area contributed by atoms with E-state index in [0.717, 1.165) is 6.07 Å². The number of hydrogen-bond acceptors (Lipinski definition) is 4. The van der Waals surface area contributed by atoms with Crippen LogP contribution in [0.25, 0.3) is 0 Å². The Bertz CT molecular complexity index is 498. The van der Waals surface area contributed by atoms with E-state index in [4.69, 9.17) is 15.5 Å². The highest BCUT2D eigenvalue weighted by molar-refractivity contribution is 5.88. The van der Waals surface area contributed by atoms with Crippen LogP contribution in [-0.2, 0) is 0 Å². The first-order valence-corrected chi connectivity index (χ1v) is 4.37. The maximum absolute atomic E-state index is 13.5. The lowest BCUT2D eigenvalue weighted by Crippen LogP contribution is -2.19. The minimum absolute atomic E-state index is 0.634. The SMILES string of the molecule is N#CC(O)C(O)c1ccc(F)c(C(=O)O)c1F. The highest BCUT2D eigenvalue weighted by atomic mass is 19.1. The van der Waals surface area contributed by atoms with E-state index in [1.165, 1.54) is 6.07 Å². The quantitative estimate of drug-likeness (QED) is 0.674. The van der Waals surface area contributed by atoms with E-state index >= 15 is 0 Å². The van der Waals surface area contributed by atoms with Gasteiger partial charge in [-0.2, -0.15) is 5.26 Å². The first kappa shape index (κ1) is 13.0. The maximum Gasteiger partial charge on any atom is 0.341 e. The molecule has 0 aliphatic rings. The van der Waals surface area contributed by atoms with Crippen LogP contribution in [0, 0.1) is 23.0 Å². The molecule has 0 saturated carbocycles. The van der Waals surface area contributed by atoms with Crippen molar-refractivity contribution in [3.05, 3.63) is 34.9 Å². The minimum Gasteiger partial charge on any atom is -0.477 e. The molecule has 1 aromatic rings. The number of carboxylic acid groups (broad SMARTS) is 1. The summed E-state index contributed by atoms with van der Waals surface area (Å²) in [6.45, 7) is 0. The molecule has 90 valence electrons. The average molecular weight is 243 g/mol. The van der Waals surface area contributed by atoms with Crippen molar-refractivity contribution < 1.29 is 28.9 Å². The van der Waals surface area contributed by atoms with Crippen molar-refractivity contribution in [2.45, 2.75) is 12.2 Å². The molecule has 0 aliphatic heterocycles. The van der Waals surface area contributed by atoms with E-state index in [9.17, 15) is 18.7 Å². The molecule has 2 atom stereocenters. The molecule has 0 saturated heterocycles. The van der Waals surface area contributed by atoms with Gasteiger partial charge in [-0.1, -0.05) is 6.07 Å². The minimum atomic E-state index is -1.95. The smallest absolute Gasteiger partial charge is 0.341 e. The van der Waals surface area contributed by atoms with Gasteiger partial charge >= 0.3 is 5.97 Å². The number of nitriles is 1. The van der Waals surface area contributed by atoms with Gasteiger partial charge in [0.25, 0.3) is 0 Å². The molecular weight excluding hydrogens is 236 g/mol. The molecule has 0 heterocycles. The number of carboxylic acids is 1. The Hall–Kier alpha value is -2.04. The third-order valence-corrected chi connectivity index (χ3v) is 2.08. The highest BCUT2D eigenvalue weighted by Gasteiger charge is 2.26. The zero-order chi connectivity index (χ0) is 13.2. The summed E-state index contributed by atoms with van der Waals surface area (Å²) in [4.78, 5) is 10.6. The summed E-state index contributed by atoms with van der Waals surface area (Å²) in [5.74, 6) is -4.67. The van der Waals surface area contributed by atoms with Gasteiger partial charge in [-0.25, -0.2) is 13.6 Å². The topological polar surface area (TPSA) is 102 Å². The predicted molar refractivity (Wildman–Crippen MR) is 49.9 cm³/mol. The number of benzene rings is 1.